The number of anilines is 1. The fourth-order valence-electron chi connectivity index (χ4n) is 1.98. The number of nitrogens with zero attached hydrogens (tertiary/aromatic N) is 2. The van der Waals surface area contributed by atoms with Gasteiger partial charge in [0.15, 0.2) is 0 Å². The van der Waals surface area contributed by atoms with Crippen LogP contribution in [0.25, 0.3) is 0 Å². The minimum absolute atomic E-state index is 0.788. The minimum atomic E-state index is 0.788. The van der Waals surface area contributed by atoms with Crippen molar-refractivity contribution < 1.29 is 0 Å². The summed E-state index contributed by atoms with van der Waals surface area (Å²) in [7, 11) is 0. The Bertz CT molecular complexity index is 546. The Morgan fingerprint density at radius 1 is 1.33 bits per heavy atom. The number of aryl methyl sites for hydroxylation is 3. The van der Waals surface area contributed by atoms with Crippen molar-refractivity contribution in [3.05, 3.63) is 45.7 Å². The van der Waals surface area contributed by atoms with Crippen molar-refractivity contribution in [2.24, 2.45) is 0 Å². The maximum absolute atomic E-state index is 4.45. The van der Waals surface area contributed by atoms with Crippen LogP contribution in [0.5, 0.6) is 0 Å². The highest BCUT2D eigenvalue weighted by Crippen LogP contribution is 2.26. The average Bonchev–Trinajstić information content (AvgIpc) is 2.71. The van der Waals surface area contributed by atoms with Gasteiger partial charge in [0.25, 0.3) is 0 Å². The molecule has 0 amide bonds. The molecule has 96 valence electrons. The third-order valence-corrected chi connectivity index (χ3v) is 3.99. The molecule has 0 radical (unpaired) electrons. The largest absolute Gasteiger partial charge is 0.378 e. The van der Waals surface area contributed by atoms with Crippen LogP contribution in [0.1, 0.15) is 23.9 Å². The predicted octanol–water partition coefficient (Wildman–Crippen LogP) is 3.89. The summed E-state index contributed by atoms with van der Waals surface area (Å²) in [6, 6.07) is 8.36. The molecule has 0 spiro atoms. The fourth-order valence-corrected chi connectivity index (χ4v) is 2.39. The van der Waals surface area contributed by atoms with E-state index in [1.807, 2.05) is 11.6 Å². The first kappa shape index (κ1) is 13.1. The summed E-state index contributed by atoms with van der Waals surface area (Å²) in [5, 5.41) is 7.90. The molecule has 2 rings (SSSR count). The van der Waals surface area contributed by atoms with E-state index in [2.05, 4.69) is 64.5 Å². The van der Waals surface area contributed by atoms with Gasteiger partial charge >= 0.3 is 0 Å². The first-order valence-electron chi connectivity index (χ1n) is 6.14. The third-order valence-electron chi connectivity index (χ3n) is 2.94. The summed E-state index contributed by atoms with van der Waals surface area (Å²) in [6.07, 6.45) is 0. The van der Waals surface area contributed by atoms with Gasteiger partial charge in [-0.2, -0.15) is 5.10 Å². The molecule has 1 aromatic heterocycles. The molecule has 0 atom stereocenters. The van der Waals surface area contributed by atoms with Gasteiger partial charge in [0.05, 0.1) is 17.9 Å². The molecular weight excluding hydrogens is 290 g/mol. The molecule has 1 N–H and O–H groups in total. The van der Waals surface area contributed by atoms with Gasteiger partial charge in [0.2, 0.25) is 0 Å². The van der Waals surface area contributed by atoms with Crippen molar-refractivity contribution in [3.63, 3.8) is 0 Å². The van der Waals surface area contributed by atoms with Gasteiger partial charge in [-0.25, -0.2) is 0 Å². The highest BCUT2D eigenvalue weighted by molar-refractivity contribution is 9.10. The van der Waals surface area contributed by atoms with E-state index in [4.69, 9.17) is 0 Å². The van der Waals surface area contributed by atoms with Gasteiger partial charge < -0.3 is 5.32 Å². The standard InChI is InChI=1S/C14H18BrN3/c1-4-18-12(8-11(3)17-18)9-16-13-7-5-6-10(2)14(13)15/h5-8,16H,4,9H2,1-3H3. The quantitative estimate of drug-likeness (QED) is 0.928. The summed E-state index contributed by atoms with van der Waals surface area (Å²) >= 11 is 3.61. The lowest BCUT2D eigenvalue weighted by atomic mass is 10.2. The molecule has 18 heavy (non-hydrogen) atoms. The molecule has 0 unspecified atom stereocenters. The molecular formula is C14H18BrN3. The lowest BCUT2D eigenvalue weighted by molar-refractivity contribution is 0.623. The van der Waals surface area contributed by atoms with E-state index in [0.717, 1.165) is 28.9 Å². The van der Waals surface area contributed by atoms with Crippen molar-refractivity contribution in [1.29, 1.82) is 0 Å². The van der Waals surface area contributed by atoms with Crippen LogP contribution in [-0.4, -0.2) is 9.78 Å². The van der Waals surface area contributed by atoms with E-state index in [0.29, 0.717) is 0 Å². The molecule has 0 saturated heterocycles. The number of hydrogen-bond acceptors (Lipinski definition) is 2. The molecule has 0 aliphatic rings. The lowest BCUT2D eigenvalue weighted by Crippen LogP contribution is -2.08. The predicted molar refractivity (Wildman–Crippen MR) is 78.8 cm³/mol. The highest BCUT2D eigenvalue weighted by atomic mass is 79.9. The Morgan fingerprint density at radius 3 is 2.83 bits per heavy atom. The number of benzene rings is 1. The average molecular weight is 308 g/mol. The second-order valence-corrected chi connectivity index (χ2v) is 5.18. The Hall–Kier alpha value is -1.29. The highest BCUT2D eigenvalue weighted by Gasteiger charge is 2.06. The summed E-state index contributed by atoms with van der Waals surface area (Å²) in [4.78, 5) is 0. The van der Waals surface area contributed by atoms with E-state index in [-0.39, 0.29) is 0 Å². The van der Waals surface area contributed by atoms with Crippen LogP contribution in [-0.2, 0) is 13.1 Å². The van der Waals surface area contributed by atoms with Crippen LogP contribution in [0.3, 0.4) is 0 Å². The minimum Gasteiger partial charge on any atom is -0.378 e. The van der Waals surface area contributed by atoms with Gasteiger partial charge in [-0.1, -0.05) is 12.1 Å². The van der Waals surface area contributed by atoms with E-state index >= 15 is 0 Å². The maximum atomic E-state index is 4.45. The van der Waals surface area contributed by atoms with Crippen LogP contribution in [0, 0.1) is 13.8 Å². The summed E-state index contributed by atoms with van der Waals surface area (Å²) in [6.45, 7) is 7.92. The number of aromatic nitrogens is 2. The Morgan fingerprint density at radius 2 is 2.11 bits per heavy atom. The molecule has 3 nitrogen and oxygen atoms in total. The van der Waals surface area contributed by atoms with Crippen LogP contribution >= 0.6 is 15.9 Å². The van der Waals surface area contributed by atoms with E-state index < -0.39 is 0 Å². The van der Waals surface area contributed by atoms with Crippen LogP contribution in [0.2, 0.25) is 0 Å². The lowest BCUT2D eigenvalue weighted by Gasteiger charge is -2.11. The summed E-state index contributed by atoms with van der Waals surface area (Å²) in [5.74, 6) is 0. The molecule has 0 bridgehead atoms. The van der Waals surface area contributed by atoms with Crippen LogP contribution < -0.4 is 5.32 Å². The van der Waals surface area contributed by atoms with E-state index in [1.165, 1.54) is 11.3 Å². The molecule has 4 heteroatoms. The van der Waals surface area contributed by atoms with E-state index in [1.54, 1.807) is 0 Å². The molecule has 1 aromatic carbocycles. The first-order valence-corrected chi connectivity index (χ1v) is 6.93. The van der Waals surface area contributed by atoms with Gasteiger partial charge in [0, 0.05) is 16.7 Å². The second-order valence-electron chi connectivity index (χ2n) is 4.38. The van der Waals surface area contributed by atoms with E-state index in [9.17, 15) is 0 Å². The number of rotatable bonds is 4. The van der Waals surface area contributed by atoms with Crippen molar-refractivity contribution in [2.75, 3.05) is 5.32 Å². The maximum Gasteiger partial charge on any atom is 0.0597 e. The zero-order valence-corrected chi connectivity index (χ0v) is 12.6. The molecule has 0 saturated carbocycles. The number of hydrogen-bond donors (Lipinski definition) is 1. The first-order chi connectivity index (χ1) is 8.61. The molecule has 1 heterocycles. The molecule has 2 aromatic rings. The summed E-state index contributed by atoms with van der Waals surface area (Å²) < 4.78 is 3.16. The number of halogens is 1. The van der Waals surface area contributed by atoms with Crippen molar-refractivity contribution >= 4 is 21.6 Å². The van der Waals surface area contributed by atoms with Crippen molar-refractivity contribution in [1.82, 2.24) is 9.78 Å². The van der Waals surface area contributed by atoms with Gasteiger partial charge in [0.1, 0.15) is 0 Å². The molecule has 0 aliphatic heterocycles. The third kappa shape index (κ3) is 2.75. The Balaban J connectivity index is 2.13. The van der Waals surface area contributed by atoms with Crippen molar-refractivity contribution in [2.45, 2.75) is 33.9 Å². The zero-order chi connectivity index (χ0) is 13.1. The monoisotopic (exact) mass is 307 g/mol. The van der Waals surface area contributed by atoms with Gasteiger partial charge in [-0.3, -0.25) is 4.68 Å². The molecule has 0 aliphatic carbocycles. The smallest absolute Gasteiger partial charge is 0.0597 e. The SMILES string of the molecule is CCn1nc(C)cc1CNc1cccc(C)c1Br. The second kappa shape index (κ2) is 5.57. The molecule has 0 fully saturated rings. The Kier molecular flexibility index (Phi) is 4.07. The summed E-state index contributed by atoms with van der Waals surface area (Å²) in [5.41, 5.74) is 4.64. The van der Waals surface area contributed by atoms with Crippen LogP contribution in [0.15, 0.2) is 28.7 Å². The van der Waals surface area contributed by atoms with Crippen molar-refractivity contribution in [3.8, 4) is 0 Å². The fraction of sp³-hybridized carbons (Fsp3) is 0.357. The Labute approximate surface area is 116 Å². The number of nitrogens with one attached hydrogen (secondary N) is 1. The van der Waals surface area contributed by atoms with Gasteiger partial charge in [-0.05, 0) is 54.4 Å². The zero-order valence-electron chi connectivity index (χ0n) is 11.0. The van der Waals surface area contributed by atoms with Gasteiger partial charge in [-0.15, -0.1) is 0 Å². The van der Waals surface area contributed by atoms with Crippen LogP contribution in [0.4, 0.5) is 5.69 Å². The normalized spacial score (nSPS) is 10.7. The topological polar surface area (TPSA) is 29.9 Å².